The number of rotatable bonds is 6. The predicted octanol–water partition coefficient (Wildman–Crippen LogP) is 0.911. The zero-order valence-electron chi connectivity index (χ0n) is 8.41. The van der Waals surface area contributed by atoms with Gasteiger partial charge in [-0.05, 0) is 6.42 Å². The molecule has 5 nitrogen and oxygen atoms in total. The van der Waals surface area contributed by atoms with Crippen LogP contribution in [0.5, 0.6) is 0 Å². The Morgan fingerprint density at radius 1 is 1.43 bits per heavy atom. The van der Waals surface area contributed by atoms with Gasteiger partial charge in [-0.2, -0.15) is 0 Å². The van der Waals surface area contributed by atoms with Gasteiger partial charge in [-0.15, -0.1) is 0 Å². The summed E-state index contributed by atoms with van der Waals surface area (Å²) in [6.07, 6.45) is 4.17. The van der Waals surface area contributed by atoms with Gasteiger partial charge in [0.25, 0.3) is 0 Å². The first kappa shape index (κ1) is 12.5. The molecule has 0 aromatic rings. The van der Waals surface area contributed by atoms with Crippen LogP contribution in [0.25, 0.3) is 0 Å². The highest BCUT2D eigenvalue weighted by atomic mass is 16.7. The zero-order chi connectivity index (χ0) is 10.8. The van der Waals surface area contributed by atoms with Crippen LogP contribution in [-0.2, 0) is 19.2 Å². The van der Waals surface area contributed by atoms with Crippen LogP contribution in [0.1, 0.15) is 26.7 Å². The molecule has 0 aliphatic carbocycles. The van der Waals surface area contributed by atoms with E-state index in [0.29, 0.717) is 6.61 Å². The SMILES string of the molecule is CCCCOC(=O)/C=C\NOC(C)=O. The van der Waals surface area contributed by atoms with E-state index in [0.717, 1.165) is 18.9 Å². The second kappa shape index (κ2) is 8.10. The van der Waals surface area contributed by atoms with E-state index in [9.17, 15) is 9.59 Å². The second-order valence-electron chi connectivity index (χ2n) is 2.57. The Morgan fingerprint density at radius 2 is 2.14 bits per heavy atom. The Bertz CT molecular complexity index is 213. The van der Waals surface area contributed by atoms with Crippen molar-refractivity contribution in [2.75, 3.05) is 6.61 Å². The zero-order valence-corrected chi connectivity index (χ0v) is 8.41. The van der Waals surface area contributed by atoms with Gasteiger partial charge < -0.3 is 9.57 Å². The Hall–Kier alpha value is -1.52. The molecule has 1 N–H and O–H groups in total. The maximum Gasteiger partial charge on any atom is 0.332 e. The first-order valence-electron chi connectivity index (χ1n) is 4.43. The molecule has 0 spiro atoms. The first-order chi connectivity index (χ1) is 6.66. The Balaban J connectivity index is 3.45. The van der Waals surface area contributed by atoms with E-state index in [-0.39, 0.29) is 0 Å². The van der Waals surface area contributed by atoms with Gasteiger partial charge in [0.15, 0.2) is 0 Å². The summed E-state index contributed by atoms with van der Waals surface area (Å²) >= 11 is 0. The molecule has 0 unspecified atom stereocenters. The van der Waals surface area contributed by atoms with E-state index in [1.807, 2.05) is 6.92 Å². The van der Waals surface area contributed by atoms with Gasteiger partial charge in [-0.25, -0.2) is 10.3 Å². The number of unbranched alkanes of at least 4 members (excludes halogenated alkanes) is 1. The summed E-state index contributed by atoms with van der Waals surface area (Å²) in [5.41, 5.74) is 2.18. The Morgan fingerprint density at radius 3 is 2.71 bits per heavy atom. The number of hydrogen-bond donors (Lipinski definition) is 1. The maximum atomic E-state index is 10.9. The molecule has 0 aromatic carbocycles. The van der Waals surface area contributed by atoms with Crippen molar-refractivity contribution < 1.29 is 19.2 Å². The van der Waals surface area contributed by atoms with Crippen LogP contribution in [0, 0.1) is 0 Å². The van der Waals surface area contributed by atoms with E-state index in [1.54, 1.807) is 0 Å². The average Bonchev–Trinajstić information content (AvgIpc) is 2.13. The highest BCUT2D eigenvalue weighted by Gasteiger charge is 1.95. The van der Waals surface area contributed by atoms with E-state index >= 15 is 0 Å². The minimum absolute atomic E-state index is 0.410. The number of carbonyl (C=O) groups is 2. The number of hydroxylamine groups is 1. The topological polar surface area (TPSA) is 64.6 Å². The highest BCUT2D eigenvalue weighted by molar-refractivity contribution is 5.81. The molecule has 0 amide bonds. The average molecular weight is 201 g/mol. The monoisotopic (exact) mass is 201 g/mol. The van der Waals surface area contributed by atoms with E-state index in [1.165, 1.54) is 13.1 Å². The van der Waals surface area contributed by atoms with Crippen molar-refractivity contribution in [3.05, 3.63) is 12.3 Å². The van der Waals surface area contributed by atoms with Crippen molar-refractivity contribution in [2.45, 2.75) is 26.7 Å². The molecule has 0 fully saturated rings. The van der Waals surface area contributed by atoms with Crippen LogP contribution >= 0.6 is 0 Å². The predicted molar refractivity (Wildman–Crippen MR) is 49.9 cm³/mol. The summed E-state index contributed by atoms with van der Waals surface area (Å²) in [5.74, 6) is -0.938. The summed E-state index contributed by atoms with van der Waals surface area (Å²) in [6, 6.07) is 0. The Kier molecular flexibility index (Phi) is 7.22. The van der Waals surface area contributed by atoms with Crippen molar-refractivity contribution in [1.29, 1.82) is 0 Å². The number of carbonyl (C=O) groups excluding carboxylic acids is 2. The molecule has 0 aromatic heterocycles. The highest BCUT2D eigenvalue weighted by Crippen LogP contribution is 1.89. The lowest BCUT2D eigenvalue weighted by molar-refractivity contribution is -0.146. The molecule has 0 saturated heterocycles. The van der Waals surface area contributed by atoms with Crippen LogP contribution in [0.3, 0.4) is 0 Å². The van der Waals surface area contributed by atoms with Crippen LogP contribution in [0.2, 0.25) is 0 Å². The van der Waals surface area contributed by atoms with Crippen molar-refractivity contribution in [3.63, 3.8) is 0 Å². The minimum atomic E-state index is -0.478. The first-order valence-corrected chi connectivity index (χ1v) is 4.43. The molecule has 0 heterocycles. The van der Waals surface area contributed by atoms with E-state index in [4.69, 9.17) is 4.74 Å². The third-order valence-electron chi connectivity index (χ3n) is 1.23. The fourth-order valence-corrected chi connectivity index (χ4v) is 0.584. The smallest absolute Gasteiger partial charge is 0.332 e. The molecular formula is C9H15NO4. The molecule has 0 bridgehead atoms. The van der Waals surface area contributed by atoms with Gasteiger partial charge in [0.05, 0.1) is 6.61 Å². The summed E-state index contributed by atoms with van der Waals surface area (Å²) in [4.78, 5) is 25.5. The molecule has 0 saturated carbocycles. The standard InChI is InChI=1S/C9H15NO4/c1-3-4-7-13-9(12)5-6-10-14-8(2)11/h5-6,10H,3-4,7H2,1-2H3/b6-5-. The van der Waals surface area contributed by atoms with Crippen molar-refractivity contribution in [3.8, 4) is 0 Å². The Labute approximate surface area is 83.0 Å². The van der Waals surface area contributed by atoms with Crippen molar-refractivity contribution >= 4 is 11.9 Å². The largest absolute Gasteiger partial charge is 0.462 e. The molecule has 0 rings (SSSR count). The van der Waals surface area contributed by atoms with Gasteiger partial charge in [0, 0.05) is 19.2 Å². The fraction of sp³-hybridized carbons (Fsp3) is 0.556. The fourth-order valence-electron chi connectivity index (χ4n) is 0.584. The van der Waals surface area contributed by atoms with Gasteiger partial charge >= 0.3 is 11.9 Å². The molecule has 0 atom stereocenters. The number of ether oxygens (including phenoxy) is 1. The van der Waals surface area contributed by atoms with Crippen LogP contribution in [0.4, 0.5) is 0 Å². The minimum Gasteiger partial charge on any atom is -0.462 e. The molecule has 14 heavy (non-hydrogen) atoms. The van der Waals surface area contributed by atoms with E-state index < -0.39 is 11.9 Å². The quantitative estimate of drug-likeness (QED) is 0.299. The molecule has 0 aliphatic heterocycles. The summed E-state index contributed by atoms with van der Waals surface area (Å²) in [5, 5.41) is 0. The van der Waals surface area contributed by atoms with Gasteiger partial charge in [-0.1, -0.05) is 13.3 Å². The third kappa shape index (κ3) is 8.58. The molecule has 0 radical (unpaired) electrons. The maximum absolute atomic E-state index is 10.9. The summed E-state index contributed by atoms with van der Waals surface area (Å²) in [7, 11) is 0. The van der Waals surface area contributed by atoms with Crippen molar-refractivity contribution in [2.24, 2.45) is 0 Å². The van der Waals surface area contributed by atoms with Gasteiger partial charge in [0.1, 0.15) is 0 Å². The molecule has 5 heteroatoms. The van der Waals surface area contributed by atoms with E-state index in [2.05, 4.69) is 10.3 Å². The molecule has 0 aliphatic rings. The lowest BCUT2D eigenvalue weighted by Crippen LogP contribution is -2.12. The normalized spacial score (nSPS) is 9.86. The molecular weight excluding hydrogens is 186 g/mol. The van der Waals surface area contributed by atoms with Gasteiger partial charge in [-0.3, -0.25) is 4.79 Å². The number of esters is 1. The van der Waals surface area contributed by atoms with Crippen LogP contribution in [0.15, 0.2) is 12.3 Å². The second-order valence-corrected chi connectivity index (χ2v) is 2.57. The third-order valence-corrected chi connectivity index (χ3v) is 1.23. The molecule has 80 valence electrons. The number of hydrogen-bond acceptors (Lipinski definition) is 5. The van der Waals surface area contributed by atoms with Gasteiger partial charge in [0.2, 0.25) is 0 Å². The lowest BCUT2D eigenvalue weighted by atomic mass is 10.4. The summed E-state index contributed by atoms with van der Waals surface area (Å²) in [6.45, 7) is 3.67. The van der Waals surface area contributed by atoms with Crippen LogP contribution in [-0.4, -0.2) is 18.5 Å². The van der Waals surface area contributed by atoms with Crippen LogP contribution < -0.4 is 5.48 Å². The number of nitrogens with one attached hydrogen (secondary N) is 1. The van der Waals surface area contributed by atoms with Crippen molar-refractivity contribution in [1.82, 2.24) is 5.48 Å². The lowest BCUT2D eigenvalue weighted by Gasteiger charge is -1.99. The summed E-state index contributed by atoms with van der Waals surface area (Å²) < 4.78 is 4.78.